The first kappa shape index (κ1) is 37.7. The highest BCUT2D eigenvalue weighted by molar-refractivity contribution is 7.92. The highest BCUT2D eigenvalue weighted by Gasteiger charge is 2.40. The maximum atomic E-state index is 16.1. The Hall–Kier alpha value is -4.57. The maximum Gasteiger partial charge on any atom is 0.433 e. The Morgan fingerprint density at radius 3 is 2.39 bits per heavy atom. The van der Waals surface area contributed by atoms with E-state index in [9.17, 15) is 21.6 Å². The summed E-state index contributed by atoms with van der Waals surface area (Å²) >= 11 is 0. The van der Waals surface area contributed by atoms with Crippen molar-refractivity contribution in [2.45, 2.75) is 55.8 Å². The normalized spacial score (nSPS) is 16.7. The number of anilines is 2. The Morgan fingerprint density at radius 1 is 1.02 bits per heavy atom. The highest BCUT2D eigenvalue weighted by atomic mass is 32.2. The molecule has 3 heterocycles. The van der Waals surface area contributed by atoms with E-state index in [0.717, 1.165) is 28.8 Å². The minimum Gasteiger partial charge on any atom is -0.497 e. The molecule has 0 unspecified atom stereocenters. The summed E-state index contributed by atoms with van der Waals surface area (Å²) in [5.74, 6) is -1.96. The molecule has 10 nitrogen and oxygen atoms in total. The van der Waals surface area contributed by atoms with Gasteiger partial charge in [0.25, 0.3) is 10.0 Å². The zero-order valence-corrected chi connectivity index (χ0v) is 29.4. The van der Waals surface area contributed by atoms with Crippen molar-refractivity contribution in [2.75, 3.05) is 50.1 Å². The maximum absolute atomic E-state index is 16.1. The third-order valence-electron chi connectivity index (χ3n) is 9.31. The Kier molecular flexibility index (Phi) is 11.3. The van der Waals surface area contributed by atoms with Gasteiger partial charge in [0.2, 0.25) is 0 Å². The fourth-order valence-electron chi connectivity index (χ4n) is 6.46. The van der Waals surface area contributed by atoms with Crippen LogP contribution >= 0.6 is 0 Å². The highest BCUT2D eigenvalue weighted by Crippen LogP contribution is 2.37. The van der Waals surface area contributed by atoms with E-state index in [4.69, 9.17) is 9.47 Å². The molecule has 0 bridgehead atoms. The molecule has 51 heavy (non-hydrogen) atoms. The van der Waals surface area contributed by atoms with Gasteiger partial charge in [0, 0.05) is 53.9 Å². The number of piperidine rings is 1. The van der Waals surface area contributed by atoms with E-state index in [1.165, 1.54) is 32.5 Å². The van der Waals surface area contributed by atoms with Crippen molar-refractivity contribution in [1.82, 2.24) is 19.9 Å². The second-order valence-corrected chi connectivity index (χ2v) is 14.1. The summed E-state index contributed by atoms with van der Waals surface area (Å²) < 4.78 is 112. The molecule has 1 atom stereocenters. The molecule has 0 radical (unpaired) electrons. The van der Waals surface area contributed by atoms with Crippen LogP contribution in [0.3, 0.4) is 0 Å². The minimum atomic E-state index is -4.90. The number of aryl methyl sites for hydroxylation is 1. The molecule has 1 fully saturated rings. The van der Waals surface area contributed by atoms with Gasteiger partial charge in [0.1, 0.15) is 41.0 Å². The number of aromatic nitrogens is 3. The molecular weight excluding hydrogens is 695 g/mol. The second kappa shape index (κ2) is 15.4. The molecular formula is C35H39F5N6O4S. The number of rotatable bonds is 13. The number of hydrogen-bond acceptors (Lipinski definition) is 9. The molecule has 0 aliphatic carbocycles. The largest absolute Gasteiger partial charge is 0.497 e. The van der Waals surface area contributed by atoms with Gasteiger partial charge in [0.05, 0.1) is 20.8 Å². The van der Waals surface area contributed by atoms with Crippen molar-refractivity contribution >= 4 is 21.5 Å². The number of benzene rings is 2. The van der Waals surface area contributed by atoms with Gasteiger partial charge in [-0.3, -0.25) is 4.90 Å². The summed E-state index contributed by atoms with van der Waals surface area (Å²) in [4.78, 5) is 14.4. The molecule has 16 heteroatoms. The van der Waals surface area contributed by atoms with Crippen molar-refractivity contribution < 1.29 is 39.8 Å². The van der Waals surface area contributed by atoms with Crippen molar-refractivity contribution in [3.63, 3.8) is 0 Å². The molecule has 2 aromatic heterocycles. The molecule has 5 rings (SSSR count). The Balaban J connectivity index is 1.46. The van der Waals surface area contributed by atoms with E-state index in [1.807, 2.05) is 14.0 Å². The van der Waals surface area contributed by atoms with Crippen molar-refractivity contribution in [3.05, 3.63) is 95.7 Å². The lowest BCUT2D eigenvalue weighted by molar-refractivity contribution is -0.141. The fraction of sp³-hybridized carbons (Fsp3) is 0.400. The average Bonchev–Trinajstić information content (AvgIpc) is 3.12. The van der Waals surface area contributed by atoms with Gasteiger partial charge in [-0.1, -0.05) is 13.0 Å². The summed E-state index contributed by atoms with van der Waals surface area (Å²) in [6.45, 7) is 2.91. The molecule has 2 aromatic carbocycles. The summed E-state index contributed by atoms with van der Waals surface area (Å²) in [7, 11) is -0.138. The van der Waals surface area contributed by atoms with Crippen molar-refractivity contribution in [1.29, 1.82) is 0 Å². The quantitative estimate of drug-likeness (QED) is 0.143. The third kappa shape index (κ3) is 8.17. The third-order valence-corrected chi connectivity index (χ3v) is 11.1. The molecule has 0 amide bonds. The van der Waals surface area contributed by atoms with E-state index in [-0.39, 0.29) is 35.9 Å². The van der Waals surface area contributed by atoms with Gasteiger partial charge in [-0.25, -0.2) is 36.5 Å². The summed E-state index contributed by atoms with van der Waals surface area (Å²) in [6, 6.07) is 11.8. The van der Waals surface area contributed by atoms with Crippen molar-refractivity contribution in [2.24, 2.45) is 0 Å². The first-order valence-electron chi connectivity index (χ1n) is 16.2. The number of nitrogens with zero attached hydrogens (tertiary/aromatic N) is 6. The van der Waals surface area contributed by atoms with Gasteiger partial charge in [-0.2, -0.15) is 13.2 Å². The van der Waals surface area contributed by atoms with Gasteiger partial charge in [-0.15, -0.1) is 0 Å². The minimum absolute atomic E-state index is 0.121. The lowest BCUT2D eigenvalue weighted by atomic mass is 9.82. The molecule has 4 aromatic rings. The van der Waals surface area contributed by atoms with Crippen LogP contribution in [-0.2, 0) is 29.2 Å². The molecule has 0 N–H and O–H groups in total. The van der Waals surface area contributed by atoms with Crippen LogP contribution in [0.4, 0.5) is 33.5 Å². The zero-order valence-electron chi connectivity index (χ0n) is 28.6. The lowest BCUT2D eigenvalue weighted by Crippen LogP contribution is -2.58. The van der Waals surface area contributed by atoms with Gasteiger partial charge >= 0.3 is 6.18 Å². The van der Waals surface area contributed by atoms with E-state index < -0.39 is 44.0 Å². The number of halogens is 5. The predicted octanol–water partition coefficient (Wildman–Crippen LogP) is 6.50. The van der Waals surface area contributed by atoms with E-state index in [0.29, 0.717) is 50.2 Å². The smallest absolute Gasteiger partial charge is 0.433 e. The van der Waals surface area contributed by atoms with Crippen LogP contribution in [0.25, 0.3) is 0 Å². The Labute approximate surface area is 293 Å². The van der Waals surface area contributed by atoms with Crippen LogP contribution in [0, 0.1) is 11.6 Å². The van der Waals surface area contributed by atoms with Crippen LogP contribution in [0.15, 0.2) is 72.0 Å². The number of hydrogen-bond donors (Lipinski definition) is 0. The molecule has 0 spiro atoms. The number of likely N-dealkylation sites (N-methyl/N-ethyl adjacent to an activating group) is 1. The van der Waals surface area contributed by atoms with Gasteiger partial charge < -0.3 is 14.4 Å². The molecule has 274 valence electrons. The molecule has 1 aliphatic heterocycles. The van der Waals surface area contributed by atoms with Crippen LogP contribution in [0.5, 0.6) is 11.5 Å². The van der Waals surface area contributed by atoms with Crippen LogP contribution in [-0.4, -0.2) is 74.7 Å². The lowest BCUT2D eigenvalue weighted by Gasteiger charge is -2.49. The SMILES string of the molecule is CCN(C)[C@@]1(CCc2cccc(C(F)(F)F)n2)CCCN(c2cc(F)c(S(=O)(=O)N(Cc3ccc(OC)cc3OC)c3ccncn3)c(F)c2)C1. The second-order valence-electron chi connectivity index (χ2n) is 12.3. The van der Waals surface area contributed by atoms with Crippen LogP contribution in [0.1, 0.15) is 43.1 Å². The van der Waals surface area contributed by atoms with E-state index >= 15 is 8.78 Å². The van der Waals surface area contributed by atoms with E-state index in [2.05, 4.69) is 19.9 Å². The van der Waals surface area contributed by atoms with E-state index in [1.54, 1.807) is 29.2 Å². The zero-order chi connectivity index (χ0) is 37.0. The van der Waals surface area contributed by atoms with Crippen molar-refractivity contribution in [3.8, 4) is 11.5 Å². The summed E-state index contributed by atoms with van der Waals surface area (Å²) in [5, 5.41) is 0. The fourth-order valence-corrected chi connectivity index (χ4v) is 7.95. The molecule has 0 saturated carbocycles. The Morgan fingerprint density at radius 2 is 1.76 bits per heavy atom. The summed E-state index contributed by atoms with van der Waals surface area (Å²) in [5.41, 5.74) is -0.728. The number of pyridine rings is 1. The number of ether oxygens (including phenoxy) is 2. The number of methoxy groups -OCH3 is 2. The first-order valence-corrected chi connectivity index (χ1v) is 17.6. The summed E-state index contributed by atoms with van der Waals surface area (Å²) in [6.07, 6.45) is -0.148. The standard InChI is InChI=1S/C35H39F5N6O4S/c1-5-44(2)34(15-12-25-8-6-9-31(43-25)35(38,39)40)14-7-17-45(22-34)26-18-28(36)33(29(37)19-26)51(47,48)46(32-13-16-41-23-42-32)21-24-10-11-27(49-3)20-30(24)50-4/h6,8-11,13,16,18-20,23H,5,7,12,14-15,17,21-22H2,1-4H3/t34-/m1/s1. The monoisotopic (exact) mass is 734 g/mol. The first-order chi connectivity index (χ1) is 24.2. The predicted molar refractivity (Wildman–Crippen MR) is 181 cm³/mol. The topological polar surface area (TPSA) is 101 Å². The average molecular weight is 735 g/mol. The Bertz CT molecular complexity index is 1910. The number of sulfonamides is 1. The molecule has 1 aliphatic rings. The molecule has 1 saturated heterocycles. The number of alkyl halides is 3. The van der Waals surface area contributed by atoms with Gasteiger partial charge in [-0.05, 0) is 75.7 Å². The van der Waals surface area contributed by atoms with Crippen LogP contribution in [0.2, 0.25) is 0 Å². The van der Waals surface area contributed by atoms with Gasteiger partial charge in [0.15, 0.2) is 4.90 Å². The van der Waals surface area contributed by atoms with Crippen LogP contribution < -0.4 is 18.7 Å².